The fourth-order valence-corrected chi connectivity index (χ4v) is 7.17. The lowest BCUT2D eigenvalue weighted by atomic mass is 10.1. The first-order valence-electron chi connectivity index (χ1n) is 9.90. The molecule has 0 radical (unpaired) electrons. The highest BCUT2D eigenvalue weighted by Gasteiger charge is 2.47. The van der Waals surface area contributed by atoms with Crippen molar-refractivity contribution >= 4 is 40.4 Å². The molecule has 36 heavy (non-hydrogen) atoms. The molecule has 1 fully saturated rings. The van der Waals surface area contributed by atoms with Crippen LogP contribution in [0.1, 0.15) is 6.23 Å². The Morgan fingerprint density at radius 2 is 1.72 bits per heavy atom. The summed E-state index contributed by atoms with van der Waals surface area (Å²) in [7, 11) is -16.0. The number of ether oxygens (including phenoxy) is 1. The van der Waals surface area contributed by atoms with Gasteiger partial charge in [0.05, 0.1) is 19.0 Å². The van der Waals surface area contributed by atoms with Crippen molar-refractivity contribution in [1.29, 1.82) is 0 Å². The molecule has 0 aromatic carbocycles. The molecule has 21 heteroatoms. The molecular formula is C15H21N6O12P3. The molecule has 1 aliphatic heterocycles. The van der Waals surface area contributed by atoms with Gasteiger partial charge in [-0.3, -0.25) is 9.09 Å². The number of anilines is 1. The summed E-state index contributed by atoms with van der Waals surface area (Å²) in [5.41, 5.74) is 6.08. The normalized spacial score (nSPS) is 29.4. The minimum absolute atomic E-state index is 0.0551. The largest absolute Gasteiger partial charge is 0.489 e. The number of nitrogens with zero attached hydrogens (tertiary/aromatic N) is 4. The van der Waals surface area contributed by atoms with Crippen molar-refractivity contribution in [3.63, 3.8) is 0 Å². The predicted molar refractivity (Wildman–Crippen MR) is 118 cm³/mol. The van der Waals surface area contributed by atoms with Crippen molar-refractivity contribution in [3.05, 3.63) is 37.0 Å². The van der Waals surface area contributed by atoms with Crippen LogP contribution in [0.4, 0.5) is 5.82 Å². The number of nitrogens with two attached hydrogens (primary N) is 1. The Hall–Kier alpha value is -1.88. The smallest absolute Gasteiger partial charge is 0.387 e. The molecular weight excluding hydrogens is 549 g/mol. The molecule has 0 spiro atoms. The summed E-state index contributed by atoms with van der Waals surface area (Å²) in [5.74, 6) is 0.0551. The number of phosphoric ester groups is 1. The third-order valence-corrected chi connectivity index (χ3v) is 9.34. The van der Waals surface area contributed by atoms with E-state index in [0.29, 0.717) is 0 Å². The minimum Gasteiger partial charge on any atom is -0.387 e. The summed E-state index contributed by atoms with van der Waals surface area (Å²) in [6, 6.07) is -0.797. The molecule has 18 nitrogen and oxygen atoms in total. The maximum Gasteiger partial charge on any atom is 0.489 e. The van der Waals surface area contributed by atoms with Crippen molar-refractivity contribution < 1.29 is 56.5 Å². The highest BCUT2D eigenvalue weighted by atomic mass is 31.3. The predicted octanol–water partition coefficient (Wildman–Crippen LogP) is -0.537. The number of nitrogens with one attached hydrogen (secondary N) is 1. The van der Waals surface area contributed by atoms with E-state index in [9.17, 15) is 38.6 Å². The van der Waals surface area contributed by atoms with Crippen molar-refractivity contribution in [2.45, 2.75) is 30.6 Å². The summed E-state index contributed by atoms with van der Waals surface area (Å²) >= 11 is 0. The molecule has 3 unspecified atom stereocenters. The van der Waals surface area contributed by atoms with Gasteiger partial charge in [0.2, 0.25) is 0 Å². The van der Waals surface area contributed by atoms with Crippen LogP contribution in [0.3, 0.4) is 0 Å². The fourth-order valence-electron chi connectivity index (χ4n) is 3.36. The molecule has 7 atom stereocenters. The molecule has 2 aromatic heterocycles. The van der Waals surface area contributed by atoms with E-state index in [-0.39, 0.29) is 17.0 Å². The van der Waals surface area contributed by atoms with E-state index in [2.05, 4.69) is 28.1 Å². The summed E-state index contributed by atoms with van der Waals surface area (Å²) in [5, 5.41) is 22.7. The first-order valence-corrected chi connectivity index (χ1v) is 14.5. The molecule has 4 rings (SSSR count). The van der Waals surface area contributed by atoms with Gasteiger partial charge in [0.25, 0.3) is 0 Å². The van der Waals surface area contributed by atoms with Gasteiger partial charge in [-0.1, -0.05) is 24.3 Å². The highest BCUT2D eigenvalue weighted by molar-refractivity contribution is 7.67. The zero-order chi connectivity index (χ0) is 26.3. The van der Waals surface area contributed by atoms with Crippen molar-refractivity contribution in [2.75, 3.05) is 12.3 Å². The van der Waals surface area contributed by atoms with Crippen LogP contribution < -0.4 is 10.8 Å². The Balaban J connectivity index is 1.37. The van der Waals surface area contributed by atoms with Gasteiger partial charge in [-0.15, -0.1) is 0 Å². The van der Waals surface area contributed by atoms with Crippen LogP contribution in [0.25, 0.3) is 11.2 Å². The molecule has 2 aliphatic rings. The number of aromatic nitrogens is 4. The first-order chi connectivity index (χ1) is 16.8. The van der Waals surface area contributed by atoms with E-state index in [0.717, 1.165) is 6.33 Å². The number of nitrogen functional groups attached to an aromatic ring is 1. The standard InChI is InChI=1S/C15H21N6O12P3/c16-13-10-14(18-6-17-13)21(7-19-10)15-12(23)11(22)9(31-15)5-30-35(26,27)33-36(28,29)32-34(24,25)20-8-3-1-2-4-8/h1-4,6-9,11-12,15,22-23H,5H2,(H,26,27)(H,28,29)(H2,16,17,18)(H2,20,24,25)/t9-,11-,12-,15-/m1/s1. The van der Waals surface area contributed by atoms with Crippen LogP contribution in [0.2, 0.25) is 0 Å². The number of hydrogen-bond donors (Lipinski definition) is 7. The number of aliphatic hydroxyl groups excluding tert-OH is 2. The van der Waals surface area contributed by atoms with Gasteiger partial charge in [0.15, 0.2) is 17.7 Å². The first kappa shape index (κ1) is 27.2. The van der Waals surface area contributed by atoms with E-state index in [1.807, 2.05) is 5.09 Å². The van der Waals surface area contributed by atoms with Crippen LogP contribution in [-0.2, 0) is 31.6 Å². The Kier molecular flexibility index (Phi) is 7.63. The molecule has 1 saturated heterocycles. The molecule has 198 valence electrons. The lowest BCUT2D eigenvalue weighted by Gasteiger charge is -2.21. The van der Waals surface area contributed by atoms with Gasteiger partial charge < -0.3 is 35.4 Å². The lowest BCUT2D eigenvalue weighted by Crippen LogP contribution is -2.33. The number of hydrogen-bond acceptors (Lipinski definition) is 13. The fraction of sp³-hybridized carbons (Fsp3) is 0.400. The van der Waals surface area contributed by atoms with E-state index < -0.39 is 60.6 Å². The second-order valence-corrected chi connectivity index (χ2v) is 12.2. The number of imidazole rings is 1. The number of rotatable bonds is 10. The third-order valence-electron chi connectivity index (χ3n) is 4.88. The minimum atomic E-state index is -5.62. The monoisotopic (exact) mass is 570 g/mol. The molecule has 3 heterocycles. The molecule has 8 N–H and O–H groups in total. The summed E-state index contributed by atoms with van der Waals surface area (Å²) < 4.78 is 55.7. The van der Waals surface area contributed by atoms with E-state index in [4.69, 9.17) is 10.5 Å². The van der Waals surface area contributed by atoms with E-state index >= 15 is 0 Å². The molecule has 0 amide bonds. The average Bonchev–Trinajstić information content (AvgIpc) is 3.46. The Bertz CT molecular complexity index is 1320. The van der Waals surface area contributed by atoms with E-state index in [1.165, 1.54) is 35.2 Å². The quantitative estimate of drug-likeness (QED) is 0.177. The third kappa shape index (κ3) is 6.15. The van der Waals surface area contributed by atoms with Gasteiger partial charge >= 0.3 is 23.4 Å². The van der Waals surface area contributed by atoms with Crippen LogP contribution in [0.15, 0.2) is 37.0 Å². The van der Waals surface area contributed by atoms with Gasteiger partial charge in [-0.25, -0.2) is 33.7 Å². The molecule has 0 bridgehead atoms. The highest BCUT2D eigenvalue weighted by Crippen LogP contribution is 2.66. The number of allylic oxidation sites excluding steroid dienone is 2. The second kappa shape index (κ2) is 10.1. The zero-order valence-corrected chi connectivity index (χ0v) is 20.5. The maximum atomic E-state index is 12.2. The number of aliphatic hydroxyl groups is 2. The van der Waals surface area contributed by atoms with Crippen LogP contribution in [0.5, 0.6) is 0 Å². The summed E-state index contributed by atoms with van der Waals surface area (Å²) in [6.07, 6.45) is 2.34. The topological polar surface area (TPSA) is 271 Å². The zero-order valence-electron chi connectivity index (χ0n) is 17.9. The molecule has 2 aromatic rings. The average molecular weight is 570 g/mol. The van der Waals surface area contributed by atoms with Crippen molar-refractivity contribution in [3.8, 4) is 0 Å². The molecule has 1 aliphatic carbocycles. The SMILES string of the molecule is Nc1ncnc2c1ncn2[C@@H]1O[C@H](COP(=O)(O)OP(=O)(O)OP(=O)(O)NC2C=CC=C2)[C@@H](O)[C@H]1O. The lowest BCUT2D eigenvalue weighted by molar-refractivity contribution is -0.0503. The Morgan fingerprint density at radius 3 is 2.42 bits per heavy atom. The van der Waals surface area contributed by atoms with Crippen molar-refractivity contribution in [2.24, 2.45) is 0 Å². The van der Waals surface area contributed by atoms with Crippen molar-refractivity contribution in [1.82, 2.24) is 24.6 Å². The maximum absolute atomic E-state index is 12.2. The summed E-state index contributed by atoms with van der Waals surface area (Å²) in [6.45, 7) is -0.918. The Labute approximate surface area is 201 Å². The number of phosphoric acid groups is 2. The van der Waals surface area contributed by atoms with Gasteiger partial charge in [0.1, 0.15) is 30.2 Å². The van der Waals surface area contributed by atoms with Gasteiger partial charge in [-0.2, -0.15) is 8.62 Å². The second-order valence-electron chi connectivity index (χ2n) is 7.47. The van der Waals surface area contributed by atoms with Gasteiger partial charge in [-0.05, 0) is 0 Å². The molecule has 0 saturated carbocycles. The van der Waals surface area contributed by atoms with Crippen LogP contribution in [-0.4, -0.2) is 75.4 Å². The van der Waals surface area contributed by atoms with Gasteiger partial charge in [0, 0.05) is 0 Å². The Morgan fingerprint density at radius 1 is 1.03 bits per heavy atom. The van der Waals surface area contributed by atoms with E-state index in [1.54, 1.807) is 0 Å². The van der Waals surface area contributed by atoms with Crippen LogP contribution in [0, 0.1) is 0 Å². The number of fused-ring (bicyclic) bond motifs is 1. The van der Waals surface area contributed by atoms with Crippen LogP contribution >= 0.6 is 23.4 Å². The summed E-state index contributed by atoms with van der Waals surface area (Å²) in [4.78, 5) is 41.0.